The molecule has 6 nitrogen and oxygen atoms in total. The molecule has 0 radical (unpaired) electrons. The second kappa shape index (κ2) is 8.00. The van der Waals surface area contributed by atoms with Gasteiger partial charge in [0.25, 0.3) is 5.91 Å². The topological polar surface area (TPSA) is 68.0 Å². The molecule has 2 aromatic carbocycles. The summed E-state index contributed by atoms with van der Waals surface area (Å²) in [6, 6.07) is 11.9. The quantitative estimate of drug-likeness (QED) is 0.664. The van der Waals surface area contributed by atoms with E-state index in [0.29, 0.717) is 17.9 Å². The lowest BCUT2D eigenvalue weighted by Crippen LogP contribution is -2.25. The van der Waals surface area contributed by atoms with E-state index in [0.717, 1.165) is 27.3 Å². The first-order chi connectivity index (χ1) is 14.1. The second-order valence-electron chi connectivity index (χ2n) is 6.39. The van der Waals surface area contributed by atoms with Gasteiger partial charge in [-0.15, -0.1) is 11.3 Å². The molecule has 29 heavy (non-hydrogen) atoms. The summed E-state index contributed by atoms with van der Waals surface area (Å²) in [5, 5.41) is 9.62. The van der Waals surface area contributed by atoms with Gasteiger partial charge in [0.15, 0.2) is 6.61 Å². The lowest BCUT2D eigenvalue weighted by Gasteiger charge is -2.18. The van der Waals surface area contributed by atoms with Crippen LogP contribution in [0.25, 0.3) is 11.3 Å². The zero-order valence-corrected chi connectivity index (χ0v) is 16.8. The van der Waals surface area contributed by atoms with Crippen molar-refractivity contribution in [2.45, 2.75) is 13.3 Å². The molecule has 0 spiro atoms. The normalized spacial score (nSPS) is 14.4. The van der Waals surface area contributed by atoms with E-state index >= 15 is 0 Å². The van der Waals surface area contributed by atoms with Gasteiger partial charge in [-0.3, -0.25) is 9.79 Å². The minimum absolute atomic E-state index is 0.0193. The van der Waals surface area contributed by atoms with Gasteiger partial charge >= 0.3 is 0 Å². The van der Waals surface area contributed by atoms with Crippen molar-refractivity contribution < 1.29 is 13.9 Å². The van der Waals surface area contributed by atoms with E-state index in [1.807, 2.05) is 30.5 Å². The van der Waals surface area contributed by atoms with Gasteiger partial charge in [-0.2, -0.15) is 5.10 Å². The molecule has 1 N–H and O–H groups in total. The Morgan fingerprint density at radius 1 is 1.28 bits per heavy atom. The maximum absolute atomic E-state index is 13.3. The summed E-state index contributed by atoms with van der Waals surface area (Å²) in [5.74, 6) is 0.176. The fourth-order valence-electron chi connectivity index (χ4n) is 3.08. The van der Waals surface area contributed by atoms with Crippen LogP contribution in [0, 0.1) is 5.82 Å². The first-order valence-corrected chi connectivity index (χ1v) is 10.0. The molecular weight excluding hydrogens is 391 g/mol. The number of ether oxygens (including phenoxy) is 1. The van der Waals surface area contributed by atoms with Crippen LogP contribution < -0.4 is 14.9 Å². The Kier molecular flexibility index (Phi) is 5.26. The van der Waals surface area contributed by atoms with Gasteiger partial charge in [0, 0.05) is 18.0 Å². The average Bonchev–Trinajstić information content (AvgIpc) is 3.14. The summed E-state index contributed by atoms with van der Waals surface area (Å²) in [4.78, 5) is 16.7. The van der Waals surface area contributed by atoms with Crippen molar-refractivity contribution in [2.24, 2.45) is 10.1 Å². The van der Waals surface area contributed by atoms with Crippen molar-refractivity contribution in [3.8, 4) is 17.0 Å². The van der Waals surface area contributed by atoms with E-state index in [1.54, 1.807) is 23.9 Å². The summed E-state index contributed by atoms with van der Waals surface area (Å²) >= 11 is 1.47. The number of benzene rings is 2. The molecule has 1 aliphatic rings. The number of nitrogens with one attached hydrogen (secondary N) is 1. The number of rotatable bonds is 4. The standard InChI is InChI=1S/C21H19FN4O2S/c1-3-16(13-4-7-15(22)8-5-13)25-26-18(12-29-21(26)23-2)14-6-9-19-17(10-14)24-20(27)11-28-19/h4-10,12H,3,11H2,1-2H3,(H,24,27). The summed E-state index contributed by atoms with van der Waals surface area (Å²) in [6.07, 6.45) is 0.672. The maximum Gasteiger partial charge on any atom is 0.262 e. The molecule has 0 saturated carbocycles. The monoisotopic (exact) mass is 410 g/mol. The zero-order valence-electron chi connectivity index (χ0n) is 16.0. The molecule has 1 amide bonds. The van der Waals surface area contributed by atoms with Crippen LogP contribution in [0.1, 0.15) is 18.9 Å². The molecule has 2 heterocycles. The predicted molar refractivity (Wildman–Crippen MR) is 112 cm³/mol. The third-order valence-electron chi connectivity index (χ3n) is 4.52. The van der Waals surface area contributed by atoms with Crippen LogP contribution in [0.5, 0.6) is 5.75 Å². The third kappa shape index (κ3) is 3.84. The highest BCUT2D eigenvalue weighted by atomic mass is 32.1. The highest BCUT2D eigenvalue weighted by molar-refractivity contribution is 7.07. The lowest BCUT2D eigenvalue weighted by molar-refractivity contribution is -0.118. The molecule has 0 aliphatic carbocycles. The van der Waals surface area contributed by atoms with Gasteiger partial charge in [0.05, 0.1) is 17.1 Å². The van der Waals surface area contributed by atoms with E-state index in [9.17, 15) is 9.18 Å². The third-order valence-corrected chi connectivity index (χ3v) is 5.43. The Morgan fingerprint density at radius 3 is 2.79 bits per heavy atom. The van der Waals surface area contributed by atoms with Gasteiger partial charge in [0.1, 0.15) is 11.6 Å². The van der Waals surface area contributed by atoms with E-state index in [4.69, 9.17) is 9.84 Å². The van der Waals surface area contributed by atoms with Gasteiger partial charge in [-0.05, 0) is 42.3 Å². The summed E-state index contributed by atoms with van der Waals surface area (Å²) in [7, 11) is 1.71. The molecule has 1 aromatic heterocycles. The second-order valence-corrected chi connectivity index (χ2v) is 7.23. The first-order valence-electron chi connectivity index (χ1n) is 9.13. The minimum atomic E-state index is -0.282. The zero-order chi connectivity index (χ0) is 20.4. The van der Waals surface area contributed by atoms with Crippen LogP contribution in [-0.4, -0.2) is 29.9 Å². The van der Waals surface area contributed by atoms with Gasteiger partial charge in [0.2, 0.25) is 4.80 Å². The van der Waals surface area contributed by atoms with E-state index in [2.05, 4.69) is 10.3 Å². The van der Waals surface area contributed by atoms with Crippen molar-refractivity contribution in [3.05, 3.63) is 64.0 Å². The number of halogens is 1. The Labute approximate surface area is 171 Å². The summed E-state index contributed by atoms with van der Waals surface area (Å²) in [5.41, 5.74) is 4.01. The van der Waals surface area contributed by atoms with Crippen molar-refractivity contribution in [3.63, 3.8) is 0 Å². The Balaban J connectivity index is 1.82. The van der Waals surface area contributed by atoms with Gasteiger partial charge < -0.3 is 10.1 Å². The van der Waals surface area contributed by atoms with Crippen LogP contribution in [0.2, 0.25) is 0 Å². The highest BCUT2D eigenvalue weighted by Crippen LogP contribution is 2.33. The van der Waals surface area contributed by atoms with E-state index in [1.165, 1.54) is 23.5 Å². The Bertz CT molecular complexity index is 1160. The molecule has 0 bridgehead atoms. The van der Waals surface area contributed by atoms with Crippen LogP contribution in [-0.2, 0) is 4.79 Å². The molecule has 0 atom stereocenters. The number of fused-ring (bicyclic) bond motifs is 1. The highest BCUT2D eigenvalue weighted by Gasteiger charge is 2.18. The molecular formula is C21H19FN4O2S. The smallest absolute Gasteiger partial charge is 0.262 e. The maximum atomic E-state index is 13.3. The average molecular weight is 410 g/mol. The molecule has 3 aromatic rings. The van der Waals surface area contributed by atoms with Crippen LogP contribution in [0.15, 0.2) is 57.9 Å². The Hall–Kier alpha value is -3.26. The number of carbonyl (C=O) groups excluding carboxylic acids is 1. The van der Waals surface area contributed by atoms with Crippen LogP contribution in [0.4, 0.5) is 10.1 Å². The molecule has 0 fully saturated rings. The minimum Gasteiger partial charge on any atom is -0.482 e. The number of anilines is 1. The van der Waals surface area contributed by atoms with Crippen molar-refractivity contribution in [1.82, 2.24) is 4.68 Å². The fourth-order valence-corrected chi connectivity index (χ4v) is 3.88. The SMILES string of the molecule is CCC(=Nn1c(-c2ccc3c(c2)NC(=O)CO3)csc1=NC)c1ccc(F)cc1. The van der Waals surface area contributed by atoms with Gasteiger partial charge in [-0.25, -0.2) is 9.07 Å². The van der Waals surface area contributed by atoms with Crippen molar-refractivity contribution >= 4 is 28.6 Å². The van der Waals surface area contributed by atoms with Crippen LogP contribution >= 0.6 is 11.3 Å². The molecule has 148 valence electrons. The molecule has 8 heteroatoms. The number of amides is 1. The number of nitrogens with zero attached hydrogens (tertiary/aromatic N) is 3. The van der Waals surface area contributed by atoms with Crippen LogP contribution in [0.3, 0.4) is 0 Å². The number of aromatic nitrogens is 1. The number of hydrogen-bond donors (Lipinski definition) is 1. The molecule has 4 rings (SSSR count). The predicted octanol–water partition coefficient (Wildman–Crippen LogP) is 3.88. The van der Waals surface area contributed by atoms with E-state index < -0.39 is 0 Å². The first kappa shape index (κ1) is 19.1. The fraction of sp³-hybridized carbons (Fsp3) is 0.190. The summed E-state index contributed by atoms with van der Waals surface area (Å²) in [6.45, 7) is 2.02. The number of hydrogen-bond acceptors (Lipinski definition) is 5. The van der Waals surface area contributed by atoms with E-state index in [-0.39, 0.29) is 18.3 Å². The number of thiazole rings is 1. The van der Waals surface area contributed by atoms with Gasteiger partial charge in [-0.1, -0.05) is 19.1 Å². The molecule has 0 unspecified atom stereocenters. The molecule has 0 saturated heterocycles. The van der Waals surface area contributed by atoms with Crippen molar-refractivity contribution in [1.29, 1.82) is 0 Å². The Morgan fingerprint density at radius 2 is 2.07 bits per heavy atom. The lowest BCUT2D eigenvalue weighted by atomic mass is 10.1. The summed E-state index contributed by atoms with van der Waals surface area (Å²) < 4.78 is 20.5. The van der Waals surface area contributed by atoms with Crippen molar-refractivity contribution in [2.75, 3.05) is 19.0 Å². The largest absolute Gasteiger partial charge is 0.482 e. The number of carbonyl (C=O) groups is 1. The molecule has 1 aliphatic heterocycles.